The first-order valence-corrected chi connectivity index (χ1v) is 12.3. The number of fused-ring (bicyclic) bond motifs is 1. The van der Waals surface area contributed by atoms with E-state index >= 15 is 0 Å². The molecule has 0 bridgehead atoms. The summed E-state index contributed by atoms with van der Waals surface area (Å²) in [7, 11) is 0. The number of nitrogens with zero attached hydrogens (tertiary/aromatic N) is 2. The van der Waals surface area contributed by atoms with Crippen molar-refractivity contribution in [3.63, 3.8) is 0 Å². The Kier molecular flexibility index (Phi) is 5.44. The summed E-state index contributed by atoms with van der Waals surface area (Å²) < 4.78 is 0. The summed E-state index contributed by atoms with van der Waals surface area (Å²) >= 11 is 0. The molecule has 6 rings (SSSR count). The number of hydrogen-bond acceptors (Lipinski definition) is 3. The smallest absolute Gasteiger partial charge is 0.140 e. The van der Waals surface area contributed by atoms with Crippen LogP contribution >= 0.6 is 0 Å². The number of para-hydroxylation sites is 1. The van der Waals surface area contributed by atoms with Gasteiger partial charge < -0.3 is 10.0 Å². The minimum Gasteiger partial charge on any atom is -0.376 e. The maximum absolute atomic E-state index is 12.6. The monoisotopic (exact) mass is 446 g/mol. The van der Waals surface area contributed by atoms with Gasteiger partial charge in [-0.3, -0.25) is 4.90 Å². The zero-order chi connectivity index (χ0) is 23.0. The molecule has 2 aliphatic rings. The van der Waals surface area contributed by atoms with Crippen molar-refractivity contribution in [3.05, 3.63) is 138 Å². The van der Waals surface area contributed by atoms with E-state index in [9.17, 15) is 5.11 Å². The number of benzene rings is 4. The molecule has 0 saturated carbocycles. The van der Waals surface area contributed by atoms with Crippen LogP contribution in [0.3, 0.4) is 0 Å². The molecule has 34 heavy (non-hydrogen) atoms. The van der Waals surface area contributed by atoms with E-state index in [0.29, 0.717) is 6.04 Å². The third-order valence-corrected chi connectivity index (χ3v) is 7.54. The van der Waals surface area contributed by atoms with E-state index in [1.807, 2.05) is 60.7 Å². The van der Waals surface area contributed by atoms with Crippen LogP contribution in [0.15, 0.2) is 115 Å². The Labute approximate surface area is 201 Å². The van der Waals surface area contributed by atoms with Gasteiger partial charge in [-0.1, -0.05) is 103 Å². The molecule has 0 unspecified atom stereocenters. The second-order valence-corrected chi connectivity index (χ2v) is 9.43. The van der Waals surface area contributed by atoms with Crippen LogP contribution in [0.2, 0.25) is 0 Å². The van der Waals surface area contributed by atoms with Gasteiger partial charge in [-0.05, 0) is 47.2 Å². The van der Waals surface area contributed by atoms with Gasteiger partial charge in [0.15, 0.2) is 0 Å². The van der Waals surface area contributed by atoms with E-state index < -0.39 is 5.60 Å². The van der Waals surface area contributed by atoms with Crippen molar-refractivity contribution in [3.8, 4) is 0 Å². The molecule has 0 spiro atoms. The van der Waals surface area contributed by atoms with E-state index in [-0.39, 0.29) is 6.17 Å². The molecule has 2 heterocycles. The van der Waals surface area contributed by atoms with Crippen molar-refractivity contribution in [2.45, 2.75) is 30.7 Å². The molecule has 4 aromatic rings. The van der Waals surface area contributed by atoms with Gasteiger partial charge in [-0.15, -0.1) is 0 Å². The van der Waals surface area contributed by atoms with E-state index in [1.165, 1.54) is 24.1 Å². The van der Waals surface area contributed by atoms with Crippen molar-refractivity contribution >= 4 is 5.69 Å². The topological polar surface area (TPSA) is 26.7 Å². The lowest BCUT2D eigenvalue weighted by Crippen LogP contribution is -2.36. The maximum Gasteiger partial charge on any atom is 0.140 e. The Morgan fingerprint density at radius 2 is 1.24 bits per heavy atom. The van der Waals surface area contributed by atoms with Gasteiger partial charge >= 0.3 is 0 Å². The van der Waals surface area contributed by atoms with Crippen LogP contribution in [-0.2, 0) is 5.60 Å². The minimum atomic E-state index is -1.25. The molecule has 2 aliphatic heterocycles. The molecule has 2 fully saturated rings. The van der Waals surface area contributed by atoms with Crippen LogP contribution in [-0.4, -0.2) is 29.1 Å². The second kappa shape index (κ2) is 8.75. The summed E-state index contributed by atoms with van der Waals surface area (Å²) in [6, 6.07) is 39.9. The number of anilines is 1. The molecule has 2 atom stereocenters. The highest BCUT2D eigenvalue weighted by molar-refractivity contribution is 5.55. The highest BCUT2D eigenvalue weighted by Gasteiger charge is 2.46. The molecule has 2 saturated heterocycles. The molecule has 0 aromatic heterocycles. The molecule has 0 amide bonds. The summed E-state index contributed by atoms with van der Waals surface area (Å²) in [5, 5.41) is 12.6. The number of hydrogen-bond donors (Lipinski definition) is 1. The summed E-state index contributed by atoms with van der Waals surface area (Å²) in [5.74, 6) is 0. The lowest BCUT2D eigenvalue weighted by molar-refractivity contribution is 0.122. The number of aliphatic hydroxyl groups is 1. The van der Waals surface area contributed by atoms with Crippen LogP contribution in [0.1, 0.15) is 41.3 Å². The van der Waals surface area contributed by atoms with Crippen LogP contribution in [0.5, 0.6) is 0 Å². The Morgan fingerprint density at radius 1 is 0.676 bits per heavy atom. The molecule has 0 radical (unpaired) electrons. The first-order valence-electron chi connectivity index (χ1n) is 12.3. The zero-order valence-corrected chi connectivity index (χ0v) is 19.3. The fraction of sp³-hybridized carbons (Fsp3) is 0.226. The Hall–Kier alpha value is -3.40. The Bertz CT molecular complexity index is 1200. The highest BCUT2D eigenvalue weighted by Crippen LogP contribution is 2.46. The van der Waals surface area contributed by atoms with Crippen LogP contribution in [0.25, 0.3) is 0 Å². The molecule has 0 aliphatic carbocycles. The predicted octanol–water partition coefficient (Wildman–Crippen LogP) is 5.95. The first kappa shape index (κ1) is 21.2. The molecular formula is C31H30N2O. The predicted molar refractivity (Wildman–Crippen MR) is 138 cm³/mol. The molecule has 4 aromatic carbocycles. The fourth-order valence-corrected chi connectivity index (χ4v) is 5.98. The normalized spacial score (nSPS) is 20.4. The van der Waals surface area contributed by atoms with Crippen molar-refractivity contribution < 1.29 is 5.11 Å². The standard InChI is InChI=1S/C31H30N2O/c34-31(24-13-4-1-5-14-24,25-15-6-2-7-16-25)29-21-11-10-20-28(29)30-32-22-12-19-27(32)23-33(30)26-17-8-3-9-18-26/h1-11,13-18,20-21,27,30,34H,12,19,22-23H2/t27-,30+/m0/s1. The van der Waals surface area contributed by atoms with Crippen LogP contribution in [0, 0.1) is 0 Å². The van der Waals surface area contributed by atoms with Gasteiger partial charge in [-0.2, -0.15) is 0 Å². The highest BCUT2D eigenvalue weighted by atomic mass is 16.3. The SMILES string of the molecule is OC(c1ccccc1)(c1ccccc1)c1ccccc1[C@H]1N(c2ccccc2)C[C@@H]2CCCN21. The third kappa shape index (κ3) is 3.44. The average Bonchev–Trinajstić information content (AvgIpc) is 3.51. The quantitative estimate of drug-likeness (QED) is 0.384. The average molecular weight is 447 g/mol. The van der Waals surface area contributed by atoms with Gasteiger partial charge in [0.05, 0.1) is 0 Å². The summed E-state index contributed by atoms with van der Waals surface area (Å²) in [6.07, 6.45) is 2.54. The minimum absolute atomic E-state index is 0.0880. The van der Waals surface area contributed by atoms with Crippen molar-refractivity contribution in [2.24, 2.45) is 0 Å². The fourth-order valence-electron chi connectivity index (χ4n) is 5.98. The molecule has 1 N–H and O–H groups in total. The Morgan fingerprint density at radius 3 is 1.88 bits per heavy atom. The van der Waals surface area contributed by atoms with E-state index in [4.69, 9.17) is 0 Å². The van der Waals surface area contributed by atoms with Crippen molar-refractivity contribution in [1.29, 1.82) is 0 Å². The molecular weight excluding hydrogens is 416 g/mol. The largest absolute Gasteiger partial charge is 0.376 e. The lowest BCUT2D eigenvalue weighted by atomic mass is 9.77. The maximum atomic E-state index is 12.6. The summed E-state index contributed by atoms with van der Waals surface area (Å²) in [6.45, 7) is 2.10. The van der Waals surface area contributed by atoms with E-state index in [1.54, 1.807) is 0 Å². The van der Waals surface area contributed by atoms with Crippen molar-refractivity contribution in [1.82, 2.24) is 4.90 Å². The molecule has 3 nitrogen and oxygen atoms in total. The van der Waals surface area contributed by atoms with Gasteiger partial charge in [0.1, 0.15) is 11.8 Å². The zero-order valence-electron chi connectivity index (χ0n) is 19.3. The molecule has 170 valence electrons. The summed E-state index contributed by atoms with van der Waals surface area (Å²) in [4.78, 5) is 5.17. The van der Waals surface area contributed by atoms with Crippen molar-refractivity contribution in [2.75, 3.05) is 18.0 Å². The summed E-state index contributed by atoms with van der Waals surface area (Å²) in [5.41, 5.74) is 3.88. The molecule has 3 heteroatoms. The second-order valence-electron chi connectivity index (χ2n) is 9.43. The van der Waals surface area contributed by atoms with Gasteiger partial charge in [0, 0.05) is 24.8 Å². The van der Waals surface area contributed by atoms with Gasteiger partial charge in [-0.25, -0.2) is 0 Å². The number of rotatable bonds is 5. The Balaban J connectivity index is 1.56. The van der Waals surface area contributed by atoms with Gasteiger partial charge in [0.25, 0.3) is 0 Å². The van der Waals surface area contributed by atoms with Crippen LogP contribution < -0.4 is 4.90 Å². The van der Waals surface area contributed by atoms with E-state index in [0.717, 1.165) is 29.8 Å². The van der Waals surface area contributed by atoms with Crippen LogP contribution in [0.4, 0.5) is 5.69 Å². The van der Waals surface area contributed by atoms with Gasteiger partial charge in [0.2, 0.25) is 0 Å². The lowest BCUT2D eigenvalue weighted by Gasteiger charge is -2.37. The first-order chi connectivity index (χ1) is 16.8. The third-order valence-electron chi connectivity index (χ3n) is 7.54. The van der Waals surface area contributed by atoms with E-state index in [2.05, 4.69) is 64.4 Å².